The second-order valence-corrected chi connectivity index (χ2v) is 5.40. The van der Waals surface area contributed by atoms with Gasteiger partial charge in [-0.05, 0) is 31.9 Å². The molecule has 104 valence electrons. The summed E-state index contributed by atoms with van der Waals surface area (Å²) in [6.45, 7) is 1.81. The normalized spacial score (nSPS) is 14.3. The van der Waals surface area contributed by atoms with Crippen molar-refractivity contribution in [2.24, 2.45) is 0 Å². The molecule has 20 heavy (non-hydrogen) atoms. The first-order valence-electron chi connectivity index (χ1n) is 6.53. The third-order valence-corrected chi connectivity index (χ3v) is 3.78. The van der Waals surface area contributed by atoms with Crippen molar-refractivity contribution < 1.29 is 4.79 Å². The second-order valence-electron chi connectivity index (χ2n) is 4.99. The molecule has 0 saturated heterocycles. The number of hydrogen-bond donors (Lipinski definition) is 0. The Balaban J connectivity index is 1.95. The fourth-order valence-corrected chi connectivity index (χ4v) is 2.33. The van der Waals surface area contributed by atoms with Crippen LogP contribution in [0.5, 0.6) is 0 Å². The van der Waals surface area contributed by atoms with Crippen LogP contribution in [0, 0.1) is 6.92 Å². The molecule has 1 fully saturated rings. The van der Waals surface area contributed by atoms with Crippen LogP contribution in [0.4, 0.5) is 0 Å². The van der Waals surface area contributed by atoms with E-state index in [1.807, 2.05) is 25.1 Å². The standard InChI is InChI=1S/C14H15ClN4O/c1-9-16-13(14(20)18(2)10-7-8-10)17-19(9)12-6-4-3-5-11(12)15/h3-6,10H,7-8H2,1-2H3. The van der Waals surface area contributed by atoms with Gasteiger partial charge in [0.15, 0.2) is 0 Å². The molecule has 6 heteroatoms. The Morgan fingerprint density at radius 2 is 2.10 bits per heavy atom. The van der Waals surface area contributed by atoms with Gasteiger partial charge in [0.05, 0.1) is 10.7 Å². The van der Waals surface area contributed by atoms with Gasteiger partial charge in [-0.3, -0.25) is 4.79 Å². The molecule has 1 saturated carbocycles. The SMILES string of the molecule is Cc1nc(C(=O)N(C)C2CC2)nn1-c1ccccc1Cl. The van der Waals surface area contributed by atoms with E-state index in [2.05, 4.69) is 10.1 Å². The molecule has 3 rings (SSSR count). The lowest BCUT2D eigenvalue weighted by Crippen LogP contribution is -2.29. The first kappa shape index (κ1) is 13.1. The van der Waals surface area contributed by atoms with Crippen molar-refractivity contribution in [3.05, 3.63) is 40.9 Å². The Hall–Kier alpha value is -1.88. The highest BCUT2D eigenvalue weighted by Crippen LogP contribution is 2.26. The van der Waals surface area contributed by atoms with Gasteiger partial charge < -0.3 is 4.90 Å². The number of halogens is 1. The van der Waals surface area contributed by atoms with Gasteiger partial charge in [0.25, 0.3) is 5.91 Å². The summed E-state index contributed by atoms with van der Waals surface area (Å²) in [5, 5.41) is 4.88. The molecular formula is C14H15ClN4O. The minimum absolute atomic E-state index is 0.138. The van der Waals surface area contributed by atoms with Crippen molar-refractivity contribution in [2.75, 3.05) is 7.05 Å². The van der Waals surface area contributed by atoms with Crippen LogP contribution in [0.15, 0.2) is 24.3 Å². The zero-order valence-electron chi connectivity index (χ0n) is 11.4. The predicted octanol–water partition coefficient (Wildman–Crippen LogP) is 2.46. The summed E-state index contributed by atoms with van der Waals surface area (Å²) in [5.41, 5.74) is 0.729. The number of benzene rings is 1. The first-order valence-corrected chi connectivity index (χ1v) is 6.91. The average Bonchev–Trinajstić information content (AvgIpc) is 3.21. The summed E-state index contributed by atoms with van der Waals surface area (Å²) in [5.74, 6) is 0.726. The van der Waals surface area contributed by atoms with Gasteiger partial charge in [-0.25, -0.2) is 9.67 Å². The van der Waals surface area contributed by atoms with E-state index in [0.717, 1.165) is 18.5 Å². The molecule has 0 unspecified atom stereocenters. The molecule has 0 radical (unpaired) electrons. The lowest BCUT2D eigenvalue weighted by molar-refractivity contribution is 0.0773. The number of para-hydroxylation sites is 1. The number of aromatic nitrogens is 3. The van der Waals surface area contributed by atoms with Crippen LogP contribution < -0.4 is 0 Å². The maximum absolute atomic E-state index is 12.3. The van der Waals surface area contributed by atoms with Gasteiger partial charge in [-0.1, -0.05) is 23.7 Å². The van der Waals surface area contributed by atoms with Gasteiger partial charge in [0.1, 0.15) is 5.82 Å². The Morgan fingerprint density at radius 1 is 1.40 bits per heavy atom. The quantitative estimate of drug-likeness (QED) is 0.872. The fourth-order valence-electron chi connectivity index (χ4n) is 2.12. The molecule has 2 aromatic rings. The van der Waals surface area contributed by atoms with Crippen LogP contribution in [0.1, 0.15) is 29.3 Å². The van der Waals surface area contributed by atoms with E-state index in [1.54, 1.807) is 22.7 Å². The maximum atomic E-state index is 12.3. The molecule has 1 aliphatic carbocycles. The van der Waals surface area contributed by atoms with Crippen molar-refractivity contribution in [3.8, 4) is 5.69 Å². The first-order chi connectivity index (χ1) is 9.58. The highest BCUT2D eigenvalue weighted by Gasteiger charge is 2.32. The van der Waals surface area contributed by atoms with Crippen LogP contribution in [0.2, 0.25) is 5.02 Å². The van der Waals surface area contributed by atoms with E-state index >= 15 is 0 Å². The summed E-state index contributed by atoms with van der Waals surface area (Å²) in [7, 11) is 1.80. The molecule has 0 atom stereocenters. The number of carbonyl (C=O) groups excluding carboxylic acids is 1. The molecule has 0 bridgehead atoms. The van der Waals surface area contributed by atoms with Crippen LogP contribution in [0.3, 0.4) is 0 Å². The average molecular weight is 291 g/mol. The Bertz CT molecular complexity index is 663. The summed E-state index contributed by atoms with van der Waals surface area (Å²) in [6, 6.07) is 7.71. The van der Waals surface area contributed by atoms with Crippen molar-refractivity contribution in [1.82, 2.24) is 19.7 Å². The van der Waals surface area contributed by atoms with E-state index in [1.165, 1.54) is 0 Å². The molecule has 5 nitrogen and oxygen atoms in total. The van der Waals surface area contributed by atoms with Crippen molar-refractivity contribution >= 4 is 17.5 Å². The van der Waals surface area contributed by atoms with Crippen LogP contribution in [-0.4, -0.2) is 38.7 Å². The van der Waals surface area contributed by atoms with Crippen LogP contribution in [-0.2, 0) is 0 Å². The third-order valence-electron chi connectivity index (χ3n) is 3.46. The second kappa shape index (κ2) is 4.90. The van der Waals surface area contributed by atoms with Gasteiger partial charge in [0, 0.05) is 13.1 Å². The number of carbonyl (C=O) groups is 1. The topological polar surface area (TPSA) is 51.0 Å². The van der Waals surface area contributed by atoms with Gasteiger partial charge in [-0.2, -0.15) is 0 Å². The number of nitrogens with zero attached hydrogens (tertiary/aromatic N) is 4. The van der Waals surface area contributed by atoms with E-state index in [-0.39, 0.29) is 11.7 Å². The van der Waals surface area contributed by atoms with Crippen molar-refractivity contribution in [1.29, 1.82) is 0 Å². The van der Waals surface area contributed by atoms with Crippen LogP contribution >= 0.6 is 11.6 Å². The largest absolute Gasteiger partial charge is 0.336 e. The van der Waals surface area contributed by atoms with E-state index in [9.17, 15) is 4.79 Å². The Labute approximate surface area is 122 Å². The number of hydrogen-bond acceptors (Lipinski definition) is 3. The van der Waals surface area contributed by atoms with Crippen molar-refractivity contribution in [3.63, 3.8) is 0 Å². The predicted molar refractivity (Wildman–Crippen MR) is 76.2 cm³/mol. The highest BCUT2D eigenvalue weighted by molar-refractivity contribution is 6.32. The summed E-state index contributed by atoms with van der Waals surface area (Å²) >= 11 is 6.16. The zero-order chi connectivity index (χ0) is 14.3. The minimum Gasteiger partial charge on any atom is -0.336 e. The van der Waals surface area contributed by atoms with E-state index < -0.39 is 0 Å². The lowest BCUT2D eigenvalue weighted by atomic mass is 10.3. The summed E-state index contributed by atoms with van der Waals surface area (Å²) in [4.78, 5) is 18.2. The molecule has 0 aliphatic heterocycles. The lowest BCUT2D eigenvalue weighted by Gasteiger charge is -2.13. The van der Waals surface area contributed by atoms with Gasteiger partial charge in [0.2, 0.25) is 5.82 Å². The molecule has 1 aromatic carbocycles. The molecule has 0 spiro atoms. The van der Waals surface area contributed by atoms with E-state index in [0.29, 0.717) is 16.9 Å². The minimum atomic E-state index is -0.138. The Kier molecular flexibility index (Phi) is 3.22. The maximum Gasteiger partial charge on any atom is 0.293 e. The third kappa shape index (κ3) is 2.29. The number of amides is 1. The zero-order valence-corrected chi connectivity index (χ0v) is 12.1. The fraction of sp³-hybridized carbons (Fsp3) is 0.357. The molecule has 0 N–H and O–H groups in total. The molecule has 1 heterocycles. The van der Waals surface area contributed by atoms with Crippen LogP contribution in [0.25, 0.3) is 5.69 Å². The van der Waals surface area contributed by atoms with Gasteiger partial charge >= 0.3 is 0 Å². The smallest absolute Gasteiger partial charge is 0.293 e. The molecule has 1 amide bonds. The Morgan fingerprint density at radius 3 is 2.75 bits per heavy atom. The summed E-state index contributed by atoms with van der Waals surface area (Å²) in [6.07, 6.45) is 2.12. The highest BCUT2D eigenvalue weighted by atomic mass is 35.5. The van der Waals surface area contributed by atoms with Crippen molar-refractivity contribution in [2.45, 2.75) is 25.8 Å². The van der Waals surface area contributed by atoms with Gasteiger partial charge in [-0.15, -0.1) is 5.10 Å². The number of aryl methyl sites for hydroxylation is 1. The van der Waals surface area contributed by atoms with E-state index in [4.69, 9.17) is 11.6 Å². The monoisotopic (exact) mass is 290 g/mol. The molecule has 1 aliphatic rings. The molecular weight excluding hydrogens is 276 g/mol. The summed E-state index contributed by atoms with van der Waals surface area (Å²) < 4.78 is 1.61. The molecule has 1 aromatic heterocycles. The number of rotatable bonds is 3.